The van der Waals surface area contributed by atoms with Crippen LogP contribution < -0.4 is 10.7 Å². The summed E-state index contributed by atoms with van der Waals surface area (Å²) in [5.74, 6) is -1.18. The molecule has 0 bridgehead atoms. The van der Waals surface area contributed by atoms with Crippen LogP contribution in [0.5, 0.6) is 0 Å². The molecular formula is C11H8NO3S-. The number of carbonyl (C=O) groups excluding carboxylic acids is 1. The molecule has 0 aromatic carbocycles. The minimum atomic E-state index is -1.18. The van der Waals surface area contributed by atoms with Crippen molar-refractivity contribution < 1.29 is 9.90 Å². The molecule has 0 spiro atoms. The number of H-pyrrole nitrogens is 1. The Labute approximate surface area is 95.2 Å². The molecule has 0 saturated carbocycles. The number of pyridine rings is 1. The Morgan fingerprint density at radius 2 is 2.06 bits per heavy atom. The van der Waals surface area contributed by atoms with E-state index in [1.807, 2.05) is 0 Å². The van der Waals surface area contributed by atoms with Gasteiger partial charge < -0.3 is 14.9 Å². The first-order valence-electron chi connectivity index (χ1n) is 4.59. The van der Waals surface area contributed by atoms with Gasteiger partial charge in [0.15, 0.2) is 0 Å². The maximum atomic E-state index is 11.0. The number of nitrogens with one attached hydrogen (secondary N) is 1. The molecular weight excluding hydrogens is 226 g/mol. The number of hydrogen-bond donors (Lipinski definition) is 1. The van der Waals surface area contributed by atoms with Gasteiger partial charge in [0.2, 0.25) is 5.56 Å². The lowest BCUT2D eigenvalue weighted by atomic mass is 10.2. The van der Waals surface area contributed by atoms with Crippen LogP contribution in [0.2, 0.25) is 0 Å². The molecule has 2 rings (SSSR count). The second-order valence-corrected chi connectivity index (χ2v) is 4.40. The average Bonchev–Trinajstić information content (AvgIpc) is 2.66. The predicted molar refractivity (Wildman–Crippen MR) is 59.4 cm³/mol. The van der Waals surface area contributed by atoms with Gasteiger partial charge in [-0.3, -0.25) is 4.79 Å². The summed E-state index contributed by atoms with van der Waals surface area (Å²) in [5, 5.41) is 10.6. The maximum absolute atomic E-state index is 11.0. The van der Waals surface area contributed by atoms with Gasteiger partial charge in [0.1, 0.15) is 0 Å². The van der Waals surface area contributed by atoms with E-state index in [0.717, 1.165) is 27.5 Å². The van der Waals surface area contributed by atoms with E-state index in [1.54, 1.807) is 19.1 Å². The molecule has 16 heavy (non-hydrogen) atoms. The molecule has 0 aliphatic carbocycles. The minimum Gasteiger partial charge on any atom is -0.544 e. The lowest BCUT2D eigenvalue weighted by molar-refractivity contribution is -0.254. The molecule has 0 atom stereocenters. The Hall–Kier alpha value is -1.88. The fourth-order valence-corrected chi connectivity index (χ4v) is 2.36. The molecule has 5 heteroatoms. The van der Waals surface area contributed by atoms with Crippen molar-refractivity contribution in [3.8, 4) is 10.4 Å². The van der Waals surface area contributed by atoms with E-state index in [9.17, 15) is 14.7 Å². The summed E-state index contributed by atoms with van der Waals surface area (Å²) >= 11 is 1.13. The molecule has 2 aromatic heterocycles. The molecule has 0 aliphatic heterocycles. The molecule has 0 amide bonds. The Kier molecular flexibility index (Phi) is 2.62. The molecule has 1 N–H and O–H groups in total. The normalized spacial score (nSPS) is 10.3. The zero-order valence-corrected chi connectivity index (χ0v) is 9.26. The van der Waals surface area contributed by atoms with Gasteiger partial charge >= 0.3 is 0 Å². The fourth-order valence-electron chi connectivity index (χ4n) is 1.44. The molecule has 0 unspecified atom stereocenters. The topological polar surface area (TPSA) is 73.0 Å². The Bertz CT molecular complexity index is 597. The summed E-state index contributed by atoms with van der Waals surface area (Å²) in [4.78, 5) is 25.3. The summed E-state index contributed by atoms with van der Waals surface area (Å²) in [5.41, 5.74) is 1.38. The van der Waals surface area contributed by atoms with Crippen LogP contribution >= 0.6 is 11.3 Å². The lowest BCUT2D eigenvalue weighted by Crippen LogP contribution is -2.20. The molecule has 0 aliphatic rings. The molecule has 0 radical (unpaired) electrons. The van der Waals surface area contributed by atoms with E-state index in [0.29, 0.717) is 0 Å². The van der Waals surface area contributed by atoms with Crippen molar-refractivity contribution in [1.29, 1.82) is 0 Å². The van der Waals surface area contributed by atoms with E-state index >= 15 is 0 Å². The third kappa shape index (κ3) is 1.90. The van der Waals surface area contributed by atoms with E-state index in [-0.39, 0.29) is 10.4 Å². The van der Waals surface area contributed by atoms with Gasteiger partial charge in [-0.1, -0.05) is 0 Å². The smallest absolute Gasteiger partial charge is 0.248 e. The SMILES string of the molecule is Cc1[nH]c(=O)ccc1-c1ccc(C(=O)[O-])s1. The van der Waals surface area contributed by atoms with E-state index in [1.165, 1.54) is 12.1 Å². The van der Waals surface area contributed by atoms with Crippen molar-refractivity contribution in [1.82, 2.24) is 4.98 Å². The number of aromatic amines is 1. The number of rotatable bonds is 2. The number of aryl methyl sites for hydroxylation is 1. The van der Waals surface area contributed by atoms with Gasteiger partial charge in [-0.15, -0.1) is 11.3 Å². The van der Waals surface area contributed by atoms with Crippen LogP contribution in [0, 0.1) is 6.92 Å². The van der Waals surface area contributed by atoms with E-state index in [4.69, 9.17) is 0 Å². The quantitative estimate of drug-likeness (QED) is 0.834. The number of thiophene rings is 1. The van der Waals surface area contributed by atoms with E-state index in [2.05, 4.69) is 4.98 Å². The van der Waals surface area contributed by atoms with Crippen LogP contribution in [0.15, 0.2) is 29.1 Å². The van der Waals surface area contributed by atoms with Crippen molar-refractivity contribution in [2.24, 2.45) is 0 Å². The highest BCUT2D eigenvalue weighted by molar-refractivity contribution is 7.17. The first kappa shape index (κ1) is 10.6. The molecule has 0 fully saturated rings. The Morgan fingerprint density at radius 1 is 1.31 bits per heavy atom. The first-order chi connectivity index (χ1) is 7.58. The largest absolute Gasteiger partial charge is 0.544 e. The highest BCUT2D eigenvalue weighted by atomic mass is 32.1. The number of hydrogen-bond acceptors (Lipinski definition) is 4. The predicted octanol–water partition coefficient (Wildman–Crippen LogP) is 0.775. The molecule has 4 nitrogen and oxygen atoms in total. The number of aromatic carboxylic acids is 1. The Balaban J connectivity index is 2.50. The van der Waals surface area contributed by atoms with E-state index < -0.39 is 5.97 Å². The number of carboxylic acids is 1. The van der Waals surface area contributed by atoms with Crippen molar-refractivity contribution in [2.45, 2.75) is 6.92 Å². The van der Waals surface area contributed by atoms with Crippen molar-refractivity contribution >= 4 is 17.3 Å². The summed E-state index contributed by atoms with van der Waals surface area (Å²) in [7, 11) is 0. The van der Waals surface area contributed by atoms with Gasteiger partial charge in [-0.05, 0) is 25.1 Å². The van der Waals surface area contributed by atoms with Crippen LogP contribution in [-0.4, -0.2) is 11.0 Å². The van der Waals surface area contributed by atoms with Crippen LogP contribution in [-0.2, 0) is 0 Å². The lowest BCUT2D eigenvalue weighted by Gasteiger charge is -2.01. The summed E-state index contributed by atoms with van der Waals surface area (Å²) in [6, 6.07) is 6.30. The van der Waals surface area contributed by atoms with Crippen molar-refractivity contribution in [2.75, 3.05) is 0 Å². The number of carbonyl (C=O) groups is 1. The standard InChI is InChI=1S/C11H9NO3S/c1-6-7(2-5-10(13)12-6)8-3-4-9(16-8)11(14)15/h2-5H,1H3,(H,12,13)(H,14,15)/p-1. The van der Waals surface area contributed by atoms with Gasteiger partial charge in [0, 0.05) is 22.2 Å². The number of carboxylic acid groups (broad SMARTS) is 1. The third-order valence-electron chi connectivity index (χ3n) is 2.19. The van der Waals surface area contributed by atoms with Gasteiger partial charge in [-0.25, -0.2) is 0 Å². The second-order valence-electron chi connectivity index (χ2n) is 3.31. The van der Waals surface area contributed by atoms with Crippen LogP contribution in [0.4, 0.5) is 0 Å². The Morgan fingerprint density at radius 3 is 2.62 bits per heavy atom. The van der Waals surface area contributed by atoms with Crippen LogP contribution in [0.1, 0.15) is 15.4 Å². The summed E-state index contributed by atoms with van der Waals surface area (Å²) in [6.07, 6.45) is 0. The maximum Gasteiger partial charge on any atom is 0.248 e. The van der Waals surface area contributed by atoms with Gasteiger partial charge in [0.05, 0.1) is 10.8 Å². The van der Waals surface area contributed by atoms with Crippen molar-refractivity contribution in [3.05, 3.63) is 45.2 Å². The zero-order valence-electron chi connectivity index (χ0n) is 8.44. The highest BCUT2D eigenvalue weighted by Crippen LogP contribution is 2.28. The van der Waals surface area contributed by atoms with Gasteiger partial charge in [0.25, 0.3) is 0 Å². The molecule has 2 heterocycles. The average molecular weight is 234 g/mol. The second kappa shape index (κ2) is 3.94. The monoisotopic (exact) mass is 234 g/mol. The van der Waals surface area contributed by atoms with Gasteiger partial charge in [-0.2, -0.15) is 0 Å². The van der Waals surface area contributed by atoms with Crippen LogP contribution in [0.25, 0.3) is 10.4 Å². The first-order valence-corrected chi connectivity index (χ1v) is 5.41. The summed E-state index contributed by atoms with van der Waals surface area (Å²) < 4.78 is 0. The zero-order chi connectivity index (χ0) is 11.7. The molecule has 82 valence electrons. The highest BCUT2D eigenvalue weighted by Gasteiger charge is 2.06. The summed E-state index contributed by atoms with van der Waals surface area (Å²) in [6.45, 7) is 1.77. The minimum absolute atomic E-state index is 0.169. The molecule has 2 aromatic rings. The van der Waals surface area contributed by atoms with Crippen LogP contribution in [0.3, 0.4) is 0 Å². The van der Waals surface area contributed by atoms with Crippen molar-refractivity contribution in [3.63, 3.8) is 0 Å². The third-order valence-corrected chi connectivity index (χ3v) is 3.29. The number of aromatic nitrogens is 1. The molecule has 0 saturated heterocycles. The fraction of sp³-hybridized carbons (Fsp3) is 0.0909.